The van der Waals surface area contributed by atoms with Crippen molar-refractivity contribution in [2.45, 2.75) is 71.0 Å². The quantitative estimate of drug-likeness (QED) is 0.368. The highest BCUT2D eigenvalue weighted by atomic mass is 19.1. The van der Waals surface area contributed by atoms with Crippen molar-refractivity contribution in [1.29, 1.82) is 0 Å². The first-order valence-electron chi connectivity index (χ1n) is 13.3. The predicted octanol–water partition coefficient (Wildman–Crippen LogP) is 7.88. The van der Waals surface area contributed by atoms with Crippen molar-refractivity contribution in [2.24, 2.45) is 11.8 Å². The Balaban J connectivity index is 1.55. The topological polar surface area (TPSA) is 38.7 Å². The van der Waals surface area contributed by atoms with Crippen molar-refractivity contribution in [3.8, 4) is 22.6 Å². The SMILES string of the molecule is COc1cc(C2(O)CCCC2C2CCCC2)c(-c2cc(C)c(OCc3ccccc3)cc2F)cc1C. The van der Waals surface area contributed by atoms with E-state index in [9.17, 15) is 5.11 Å². The molecule has 2 unspecified atom stereocenters. The second-order valence-corrected chi connectivity index (χ2v) is 10.7. The number of aliphatic hydroxyl groups is 1. The van der Waals surface area contributed by atoms with E-state index in [1.54, 1.807) is 7.11 Å². The van der Waals surface area contributed by atoms with Crippen molar-refractivity contribution in [1.82, 2.24) is 0 Å². The molecule has 2 saturated carbocycles. The van der Waals surface area contributed by atoms with E-state index in [2.05, 4.69) is 0 Å². The average Bonchev–Trinajstić information content (AvgIpc) is 3.55. The highest BCUT2D eigenvalue weighted by molar-refractivity contribution is 5.73. The number of aryl methyl sites for hydroxylation is 2. The zero-order chi connectivity index (χ0) is 25.3. The van der Waals surface area contributed by atoms with Crippen LogP contribution in [0.3, 0.4) is 0 Å². The molecule has 3 aromatic rings. The molecule has 0 aliphatic heterocycles. The smallest absolute Gasteiger partial charge is 0.134 e. The van der Waals surface area contributed by atoms with Gasteiger partial charge >= 0.3 is 0 Å². The van der Waals surface area contributed by atoms with Gasteiger partial charge in [-0.3, -0.25) is 0 Å². The number of methoxy groups -OCH3 is 1. The van der Waals surface area contributed by atoms with E-state index in [4.69, 9.17) is 9.47 Å². The molecule has 1 N–H and O–H groups in total. The van der Waals surface area contributed by atoms with Crippen LogP contribution in [0.25, 0.3) is 11.1 Å². The van der Waals surface area contributed by atoms with E-state index in [0.717, 1.165) is 46.4 Å². The molecule has 2 aliphatic rings. The van der Waals surface area contributed by atoms with Crippen LogP contribution < -0.4 is 9.47 Å². The molecule has 3 aromatic carbocycles. The van der Waals surface area contributed by atoms with E-state index >= 15 is 4.39 Å². The Bertz CT molecular complexity index is 1220. The van der Waals surface area contributed by atoms with Gasteiger partial charge in [-0.1, -0.05) is 56.0 Å². The van der Waals surface area contributed by atoms with Gasteiger partial charge in [0.15, 0.2) is 0 Å². The predicted molar refractivity (Wildman–Crippen MR) is 142 cm³/mol. The Hall–Kier alpha value is -2.85. The molecule has 190 valence electrons. The number of hydrogen-bond donors (Lipinski definition) is 1. The summed E-state index contributed by atoms with van der Waals surface area (Å²) in [5.41, 5.74) is 3.92. The lowest BCUT2D eigenvalue weighted by Gasteiger charge is -2.36. The van der Waals surface area contributed by atoms with Crippen molar-refractivity contribution in [2.75, 3.05) is 7.11 Å². The molecule has 3 nitrogen and oxygen atoms in total. The number of benzene rings is 3. The second kappa shape index (κ2) is 10.3. The minimum absolute atomic E-state index is 0.198. The zero-order valence-electron chi connectivity index (χ0n) is 21.6. The van der Waals surface area contributed by atoms with Crippen molar-refractivity contribution < 1.29 is 19.0 Å². The Morgan fingerprint density at radius 1 is 0.889 bits per heavy atom. The first-order chi connectivity index (χ1) is 17.4. The maximum absolute atomic E-state index is 15.8. The molecule has 0 aromatic heterocycles. The first-order valence-corrected chi connectivity index (χ1v) is 13.3. The van der Waals surface area contributed by atoms with Crippen molar-refractivity contribution in [3.63, 3.8) is 0 Å². The van der Waals surface area contributed by atoms with Crippen LogP contribution in [0.5, 0.6) is 11.5 Å². The van der Waals surface area contributed by atoms with Gasteiger partial charge in [0.1, 0.15) is 23.9 Å². The van der Waals surface area contributed by atoms with Crippen molar-refractivity contribution in [3.05, 3.63) is 82.7 Å². The van der Waals surface area contributed by atoms with Gasteiger partial charge in [0.05, 0.1) is 12.7 Å². The number of hydrogen-bond acceptors (Lipinski definition) is 3. The van der Waals surface area contributed by atoms with Crippen LogP contribution in [0.4, 0.5) is 4.39 Å². The first kappa shape index (κ1) is 24.8. The lowest BCUT2D eigenvalue weighted by molar-refractivity contribution is -0.0248. The van der Waals surface area contributed by atoms with Crippen LogP contribution in [-0.2, 0) is 12.2 Å². The highest BCUT2D eigenvalue weighted by Gasteiger charge is 2.48. The van der Waals surface area contributed by atoms with Crippen LogP contribution in [-0.4, -0.2) is 12.2 Å². The van der Waals surface area contributed by atoms with Gasteiger partial charge in [-0.25, -0.2) is 4.39 Å². The molecule has 36 heavy (non-hydrogen) atoms. The third-order valence-electron chi connectivity index (χ3n) is 8.45. The van der Waals surface area contributed by atoms with Crippen LogP contribution in [0.1, 0.15) is 67.2 Å². The average molecular weight is 489 g/mol. The van der Waals surface area contributed by atoms with Gasteiger partial charge in [-0.15, -0.1) is 0 Å². The Labute approximate surface area is 214 Å². The maximum Gasteiger partial charge on any atom is 0.134 e. The molecule has 5 rings (SSSR count). The van der Waals surface area contributed by atoms with Gasteiger partial charge in [-0.2, -0.15) is 0 Å². The number of rotatable bonds is 7. The Morgan fingerprint density at radius 2 is 1.58 bits per heavy atom. The lowest BCUT2D eigenvalue weighted by Crippen LogP contribution is -2.35. The van der Waals surface area contributed by atoms with Gasteiger partial charge in [0.25, 0.3) is 0 Å². The van der Waals surface area contributed by atoms with E-state index in [-0.39, 0.29) is 11.7 Å². The van der Waals surface area contributed by atoms with Gasteiger partial charge in [-0.05, 0) is 91.0 Å². The summed E-state index contributed by atoms with van der Waals surface area (Å²) in [6.45, 7) is 4.31. The largest absolute Gasteiger partial charge is 0.496 e. The normalized spacial score (nSPS) is 22.2. The van der Waals surface area contributed by atoms with Crippen LogP contribution in [0.15, 0.2) is 54.6 Å². The van der Waals surface area contributed by atoms with Crippen LogP contribution >= 0.6 is 0 Å². The van der Waals surface area contributed by atoms with E-state index in [0.29, 0.717) is 30.3 Å². The summed E-state index contributed by atoms with van der Waals surface area (Å²) in [4.78, 5) is 0. The molecule has 0 amide bonds. The van der Waals surface area contributed by atoms with E-state index in [1.165, 1.54) is 31.7 Å². The summed E-state index contributed by atoms with van der Waals surface area (Å²) in [7, 11) is 1.66. The van der Waals surface area contributed by atoms with E-state index < -0.39 is 5.60 Å². The molecule has 2 fully saturated rings. The fraction of sp³-hybridized carbons (Fsp3) is 0.438. The number of halogens is 1. The summed E-state index contributed by atoms with van der Waals surface area (Å²) < 4.78 is 27.4. The second-order valence-electron chi connectivity index (χ2n) is 10.7. The molecule has 4 heteroatoms. The van der Waals surface area contributed by atoms with Crippen LogP contribution in [0, 0.1) is 31.5 Å². The molecule has 2 aliphatic carbocycles. The Kier molecular flexibility index (Phi) is 7.07. The fourth-order valence-electron chi connectivity index (χ4n) is 6.58. The van der Waals surface area contributed by atoms with Gasteiger partial charge in [0, 0.05) is 11.6 Å². The van der Waals surface area contributed by atoms with Crippen LogP contribution in [0.2, 0.25) is 0 Å². The molecule has 0 bridgehead atoms. The third kappa shape index (κ3) is 4.64. The van der Waals surface area contributed by atoms with Gasteiger partial charge < -0.3 is 14.6 Å². The maximum atomic E-state index is 15.8. The fourth-order valence-corrected chi connectivity index (χ4v) is 6.58. The minimum atomic E-state index is -0.978. The summed E-state index contributed by atoms with van der Waals surface area (Å²) in [6.07, 6.45) is 7.52. The number of ether oxygens (including phenoxy) is 2. The van der Waals surface area contributed by atoms with Crippen molar-refractivity contribution >= 4 is 0 Å². The summed E-state index contributed by atoms with van der Waals surface area (Å²) >= 11 is 0. The third-order valence-corrected chi connectivity index (χ3v) is 8.45. The summed E-state index contributed by atoms with van der Waals surface area (Å²) in [5.74, 6) is 1.66. The highest BCUT2D eigenvalue weighted by Crippen LogP contribution is 2.54. The molecular weight excluding hydrogens is 451 g/mol. The summed E-state index contributed by atoms with van der Waals surface area (Å²) in [5, 5.41) is 12.3. The standard InChI is InChI=1S/C32H37FO3/c1-21-16-25(26-17-22(2)31(19-29(26)33)36-20-23-10-5-4-6-11-23)28(18-30(21)35-3)32(34)15-9-14-27(32)24-12-7-8-13-24/h4-6,10-11,16-19,24,27,34H,7-9,12-15,20H2,1-3H3. The van der Waals surface area contributed by atoms with Gasteiger partial charge in [0.2, 0.25) is 0 Å². The molecule has 0 radical (unpaired) electrons. The summed E-state index contributed by atoms with van der Waals surface area (Å²) in [6, 6.07) is 17.2. The molecule has 0 saturated heterocycles. The molecule has 2 atom stereocenters. The Morgan fingerprint density at radius 3 is 2.31 bits per heavy atom. The van der Waals surface area contributed by atoms with E-state index in [1.807, 2.05) is 62.4 Å². The zero-order valence-corrected chi connectivity index (χ0v) is 21.6. The lowest BCUT2D eigenvalue weighted by atomic mass is 9.73. The monoisotopic (exact) mass is 488 g/mol. The molecule has 0 spiro atoms. The molecule has 0 heterocycles. The molecular formula is C32H37FO3. The minimum Gasteiger partial charge on any atom is -0.496 e.